The molecule has 0 aliphatic carbocycles. The van der Waals surface area contributed by atoms with E-state index < -0.39 is 0 Å². The molecule has 106 valence electrons. The number of nitrogens with one attached hydrogen (secondary N) is 1. The number of nitrogen functional groups attached to an aromatic ring is 1. The monoisotopic (exact) mass is 275 g/mol. The SMILES string of the molecule is CCc1nc(NN)cc(N(C)Cc2cccc(F)c2)n1. The van der Waals surface area contributed by atoms with E-state index in [1.165, 1.54) is 12.1 Å². The maximum atomic E-state index is 13.2. The maximum absolute atomic E-state index is 13.2. The average Bonchev–Trinajstić information content (AvgIpc) is 2.46. The molecule has 0 aliphatic heterocycles. The highest BCUT2D eigenvalue weighted by Crippen LogP contribution is 2.17. The van der Waals surface area contributed by atoms with Gasteiger partial charge in [-0.15, -0.1) is 0 Å². The number of hydrogen-bond donors (Lipinski definition) is 2. The van der Waals surface area contributed by atoms with Crippen molar-refractivity contribution < 1.29 is 4.39 Å². The third kappa shape index (κ3) is 3.42. The van der Waals surface area contributed by atoms with Gasteiger partial charge in [-0.25, -0.2) is 20.2 Å². The van der Waals surface area contributed by atoms with Gasteiger partial charge in [0.2, 0.25) is 0 Å². The molecule has 0 fully saturated rings. The van der Waals surface area contributed by atoms with Gasteiger partial charge in [0.25, 0.3) is 0 Å². The zero-order valence-corrected chi connectivity index (χ0v) is 11.6. The van der Waals surface area contributed by atoms with Gasteiger partial charge in [0, 0.05) is 26.1 Å². The molecule has 3 N–H and O–H groups in total. The highest BCUT2D eigenvalue weighted by Gasteiger charge is 2.08. The summed E-state index contributed by atoms with van der Waals surface area (Å²) >= 11 is 0. The van der Waals surface area contributed by atoms with E-state index >= 15 is 0 Å². The van der Waals surface area contributed by atoms with Crippen molar-refractivity contribution in [3.05, 3.63) is 47.5 Å². The summed E-state index contributed by atoms with van der Waals surface area (Å²) in [4.78, 5) is 10.6. The number of nitrogens with zero attached hydrogens (tertiary/aromatic N) is 3. The number of aryl methyl sites for hydroxylation is 1. The van der Waals surface area contributed by atoms with Gasteiger partial charge in [0.15, 0.2) is 0 Å². The molecule has 0 aliphatic rings. The van der Waals surface area contributed by atoms with E-state index in [1.54, 1.807) is 12.1 Å². The molecule has 0 saturated heterocycles. The lowest BCUT2D eigenvalue weighted by Gasteiger charge is -2.19. The molecule has 1 aromatic carbocycles. The quantitative estimate of drug-likeness (QED) is 0.646. The summed E-state index contributed by atoms with van der Waals surface area (Å²) in [7, 11) is 1.90. The Kier molecular flexibility index (Phi) is 4.47. The Bertz CT molecular complexity index is 565. The van der Waals surface area contributed by atoms with E-state index in [2.05, 4.69) is 15.4 Å². The first-order chi connectivity index (χ1) is 9.62. The van der Waals surface area contributed by atoms with Gasteiger partial charge in [0.05, 0.1) is 0 Å². The Labute approximate surface area is 117 Å². The average molecular weight is 275 g/mol. The van der Waals surface area contributed by atoms with Crippen LogP contribution in [0.2, 0.25) is 0 Å². The van der Waals surface area contributed by atoms with Gasteiger partial charge >= 0.3 is 0 Å². The van der Waals surface area contributed by atoms with Crippen molar-refractivity contribution >= 4 is 11.6 Å². The number of rotatable bonds is 5. The van der Waals surface area contributed by atoms with Crippen molar-refractivity contribution in [2.24, 2.45) is 5.84 Å². The molecular formula is C14H18FN5. The van der Waals surface area contributed by atoms with Crippen molar-refractivity contribution in [3.8, 4) is 0 Å². The maximum Gasteiger partial charge on any atom is 0.145 e. The van der Waals surface area contributed by atoms with E-state index in [0.717, 1.165) is 17.8 Å². The van der Waals surface area contributed by atoms with Crippen LogP contribution in [0.25, 0.3) is 0 Å². The Morgan fingerprint density at radius 3 is 2.75 bits per heavy atom. The summed E-state index contributed by atoms with van der Waals surface area (Å²) in [6, 6.07) is 8.28. The predicted molar refractivity (Wildman–Crippen MR) is 77.7 cm³/mol. The van der Waals surface area contributed by atoms with Gasteiger partial charge in [-0.3, -0.25) is 0 Å². The van der Waals surface area contributed by atoms with Crippen LogP contribution in [0.15, 0.2) is 30.3 Å². The first-order valence-electron chi connectivity index (χ1n) is 6.42. The predicted octanol–water partition coefficient (Wildman–Crippen LogP) is 2.10. The van der Waals surface area contributed by atoms with Crippen molar-refractivity contribution in [1.29, 1.82) is 0 Å². The molecule has 1 aromatic heterocycles. The molecule has 20 heavy (non-hydrogen) atoms. The van der Waals surface area contributed by atoms with Crippen LogP contribution in [0.3, 0.4) is 0 Å². The molecule has 2 aromatic rings. The van der Waals surface area contributed by atoms with Gasteiger partial charge in [-0.1, -0.05) is 19.1 Å². The molecule has 0 unspecified atom stereocenters. The zero-order valence-electron chi connectivity index (χ0n) is 11.6. The minimum atomic E-state index is -0.239. The summed E-state index contributed by atoms with van der Waals surface area (Å²) in [6.07, 6.45) is 0.719. The number of hydrazine groups is 1. The third-order valence-electron chi connectivity index (χ3n) is 2.92. The van der Waals surface area contributed by atoms with Crippen LogP contribution >= 0.6 is 0 Å². The van der Waals surface area contributed by atoms with Crippen molar-refractivity contribution in [1.82, 2.24) is 9.97 Å². The Morgan fingerprint density at radius 1 is 1.30 bits per heavy atom. The highest BCUT2D eigenvalue weighted by atomic mass is 19.1. The highest BCUT2D eigenvalue weighted by molar-refractivity contribution is 5.48. The lowest BCUT2D eigenvalue weighted by molar-refractivity contribution is 0.625. The number of halogens is 1. The summed E-state index contributed by atoms with van der Waals surface area (Å²) in [5, 5.41) is 0. The minimum absolute atomic E-state index is 0.239. The second kappa shape index (κ2) is 6.29. The Balaban J connectivity index is 2.22. The van der Waals surface area contributed by atoms with Crippen LogP contribution in [0.1, 0.15) is 18.3 Å². The number of anilines is 2. The fourth-order valence-corrected chi connectivity index (χ4v) is 1.90. The van der Waals surface area contributed by atoms with E-state index in [-0.39, 0.29) is 5.82 Å². The van der Waals surface area contributed by atoms with Crippen LogP contribution in [0, 0.1) is 5.82 Å². The fraction of sp³-hybridized carbons (Fsp3) is 0.286. The summed E-state index contributed by atoms with van der Waals surface area (Å²) in [5.74, 6) is 7.19. The van der Waals surface area contributed by atoms with E-state index in [4.69, 9.17) is 5.84 Å². The van der Waals surface area contributed by atoms with E-state index in [1.807, 2.05) is 24.9 Å². The van der Waals surface area contributed by atoms with Crippen LogP contribution in [-0.2, 0) is 13.0 Å². The number of nitrogens with two attached hydrogens (primary N) is 1. The van der Waals surface area contributed by atoms with Gasteiger partial charge in [-0.05, 0) is 17.7 Å². The first kappa shape index (κ1) is 14.2. The van der Waals surface area contributed by atoms with Crippen molar-refractivity contribution in [3.63, 3.8) is 0 Å². The fourth-order valence-electron chi connectivity index (χ4n) is 1.90. The molecule has 0 saturated carbocycles. The van der Waals surface area contributed by atoms with Crippen LogP contribution in [-0.4, -0.2) is 17.0 Å². The normalized spacial score (nSPS) is 10.4. The smallest absolute Gasteiger partial charge is 0.145 e. The molecule has 0 amide bonds. The zero-order chi connectivity index (χ0) is 14.5. The number of aromatic nitrogens is 2. The Morgan fingerprint density at radius 2 is 2.10 bits per heavy atom. The second-order valence-electron chi connectivity index (χ2n) is 4.51. The molecule has 2 rings (SSSR count). The second-order valence-corrected chi connectivity index (χ2v) is 4.51. The largest absolute Gasteiger partial charge is 0.355 e. The Hall–Kier alpha value is -2.21. The minimum Gasteiger partial charge on any atom is -0.355 e. The molecule has 0 atom stereocenters. The molecule has 0 bridgehead atoms. The lowest BCUT2D eigenvalue weighted by atomic mass is 10.2. The topological polar surface area (TPSA) is 67.1 Å². The van der Waals surface area contributed by atoms with Crippen molar-refractivity contribution in [2.75, 3.05) is 17.4 Å². The van der Waals surface area contributed by atoms with Crippen LogP contribution in [0.4, 0.5) is 16.0 Å². The molecule has 6 heteroatoms. The lowest BCUT2D eigenvalue weighted by Crippen LogP contribution is -2.20. The van der Waals surface area contributed by atoms with Crippen LogP contribution < -0.4 is 16.2 Å². The summed E-state index contributed by atoms with van der Waals surface area (Å²) < 4.78 is 13.2. The first-order valence-corrected chi connectivity index (χ1v) is 6.42. The van der Waals surface area contributed by atoms with E-state index in [9.17, 15) is 4.39 Å². The van der Waals surface area contributed by atoms with Crippen LogP contribution in [0.5, 0.6) is 0 Å². The van der Waals surface area contributed by atoms with Crippen molar-refractivity contribution in [2.45, 2.75) is 19.9 Å². The number of benzene rings is 1. The van der Waals surface area contributed by atoms with Gasteiger partial charge in [-0.2, -0.15) is 0 Å². The molecule has 0 radical (unpaired) electrons. The van der Waals surface area contributed by atoms with Gasteiger partial charge < -0.3 is 10.3 Å². The molecular weight excluding hydrogens is 257 g/mol. The third-order valence-corrected chi connectivity index (χ3v) is 2.92. The van der Waals surface area contributed by atoms with E-state index in [0.29, 0.717) is 18.2 Å². The summed E-state index contributed by atoms with van der Waals surface area (Å²) in [5.41, 5.74) is 3.41. The van der Waals surface area contributed by atoms with Gasteiger partial charge in [0.1, 0.15) is 23.3 Å². The molecule has 5 nitrogen and oxygen atoms in total. The molecule has 1 heterocycles. The summed E-state index contributed by atoms with van der Waals surface area (Å²) in [6.45, 7) is 2.54. The molecule has 0 spiro atoms. The standard InChI is InChI=1S/C14H18FN5/c1-3-12-17-13(19-16)8-14(18-12)20(2)9-10-5-4-6-11(15)7-10/h4-8H,3,9,16H2,1-2H3,(H,17,18,19). The number of hydrogen-bond acceptors (Lipinski definition) is 5.